The summed E-state index contributed by atoms with van der Waals surface area (Å²) >= 11 is 0. The molecule has 0 amide bonds. The summed E-state index contributed by atoms with van der Waals surface area (Å²) in [5, 5.41) is 9.27. The molecule has 0 unspecified atom stereocenters. The third kappa shape index (κ3) is 2.31. The molecule has 3 heteroatoms. The van der Waals surface area contributed by atoms with E-state index in [1.807, 2.05) is 13.8 Å². The highest BCUT2D eigenvalue weighted by Gasteiger charge is 2.13. The number of rotatable bonds is 2. The zero-order valence-corrected chi connectivity index (χ0v) is 8.21. The fourth-order valence-corrected chi connectivity index (χ4v) is 1.24. The molecule has 0 saturated carbocycles. The molecule has 1 N–H and O–H groups in total. The molecule has 0 aliphatic rings. The summed E-state index contributed by atoms with van der Waals surface area (Å²) in [7, 11) is 0. The monoisotopic (exact) mass is 180 g/mol. The summed E-state index contributed by atoms with van der Waals surface area (Å²) in [5.41, 5.74) is 1.43. The van der Waals surface area contributed by atoms with Gasteiger partial charge < -0.3 is 5.02 Å². The molecule has 0 bridgehead atoms. The number of hydrogen-bond donors (Lipinski definition) is 1. The SMILES string of the molecule is CB(O)c1cc(C(C)C)ccc1F. The molecular formula is C10H14BFO. The van der Waals surface area contributed by atoms with E-state index in [1.165, 1.54) is 6.07 Å². The quantitative estimate of drug-likeness (QED) is 0.687. The van der Waals surface area contributed by atoms with Gasteiger partial charge in [0.2, 0.25) is 0 Å². The van der Waals surface area contributed by atoms with E-state index in [9.17, 15) is 9.41 Å². The van der Waals surface area contributed by atoms with E-state index < -0.39 is 6.92 Å². The molecule has 13 heavy (non-hydrogen) atoms. The van der Waals surface area contributed by atoms with Crippen molar-refractivity contribution < 1.29 is 9.41 Å². The smallest absolute Gasteiger partial charge is 0.323 e. The Bertz CT molecular complexity index is 297. The highest BCUT2D eigenvalue weighted by molar-refractivity contribution is 6.64. The lowest BCUT2D eigenvalue weighted by atomic mass is 9.63. The molecule has 0 fully saturated rings. The Morgan fingerprint density at radius 2 is 2.00 bits per heavy atom. The third-order valence-electron chi connectivity index (χ3n) is 2.14. The summed E-state index contributed by atoms with van der Waals surface area (Å²) < 4.78 is 13.1. The van der Waals surface area contributed by atoms with Crippen LogP contribution < -0.4 is 5.46 Å². The zero-order chi connectivity index (χ0) is 10.0. The first-order valence-electron chi connectivity index (χ1n) is 4.49. The van der Waals surface area contributed by atoms with E-state index in [0.29, 0.717) is 11.4 Å². The van der Waals surface area contributed by atoms with Crippen molar-refractivity contribution in [3.05, 3.63) is 29.6 Å². The molecule has 1 nitrogen and oxygen atoms in total. The van der Waals surface area contributed by atoms with E-state index in [1.54, 1.807) is 19.0 Å². The van der Waals surface area contributed by atoms with Gasteiger partial charge in [0.25, 0.3) is 0 Å². The molecule has 1 aromatic rings. The maximum Gasteiger partial charge on any atom is 0.323 e. The summed E-state index contributed by atoms with van der Waals surface area (Å²) in [5.74, 6) is 0.0255. The molecular weight excluding hydrogens is 166 g/mol. The molecule has 0 saturated heterocycles. The van der Waals surface area contributed by atoms with Crippen LogP contribution in [0.1, 0.15) is 25.3 Å². The van der Waals surface area contributed by atoms with Gasteiger partial charge >= 0.3 is 6.92 Å². The van der Waals surface area contributed by atoms with Crippen LogP contribution in [0.2, 0.25) is 6.82 Å². The van der Waals surface area contributed by atoms with Crippen molar-refractivity contribution in [2.45, 2.75) is 26.6 Å². The van der Waals surface area contributed by atoms with Gasteiger partial charge in [-0.15, -0.1) is 0 Å². The van der Waals surface area contributed by atoms with E-state index in [2.05, 4.69) is 0 Å². The lowest BCUT2D eigenvalue weighted by molar-refractivity contribution is 0.583. The average Bonchev–Trinajstić information content (AvgIpc) is 2.04. The first kappa shape index (κ1) is 10.3. The van der Waals surface area contributed by atoms with Crippen LogP contribution in [-0.4, -0.2) is 11.9 Å². The van der Waals surface area contributed by atoms with Gasteiger partial charge in [0.1, 0.15) is 5.82 Å². The van der Waals surface area contributed by atoms with E-state index in [-0.39, 0.29) is 5.82 Å². The molecule has 0 aliphatic heterocycles. The van der Waals surface area contributed by atoms with E-state index in [0.717, 1.165) is 5.56 Å². The summed E-state index contributed by atoms with van der Waals surface area (Å²) in [6.07, 6.45) is 0. The summed E-state index contributed by atoms with van der Waals surface area (Å²) in [6, 6.07) is 4.90. The fourth-order valence-electron chi connectivity index (χ4n) is 1.24. The van der Waals surface area contributed by atoms with Gasteiger partial charge in [0, 0.05) is 0 Å². The second-order valence-corrected chi connectivity index (χ2v) is 3.61. The van der Waals surface area contributed by atoms with E-state index in [4.69, 9.17) is 0 Å². The lowest BCUT2D eigenvalue weighted by Gasteiger charge is -2.09. The molecule has 0 heterocycles. The van der Waals surface area contributed by atoms with Crippen LogP contribution in [0.5, 0.6) is 0 Å². The molecule has 0 spiro atoms. The maximum absolute atomic E-state index is 13.1. The van der Waals surface area contributed by atoms with Crippen molar-refractivity contribution in [2.24, 2.45) is 0 Å². The molecule has 0 aromatic heterocycles. The topological polar surface area (TPSA) is 20.2 Å². The highest BCUT2D eigenvalue weighted by atomic mass is 19.1. The van der Waals surface area contributed by atoms with Crippen LogP contribution in [0.15, 0.2) is 18.2 Å². The molecule has 0 radical (unpaired) electrons. The lowest BCUT2D eigenvalue weighted by Crippen LogP contribution is -2.29. The first-order chi connectivity index (χ1) is 6.02. The van der Waals surface area contributed by atoms with Crippen molar-refractivity contribution in [1.29, 1.82) is 0 Å². The van der Waals surface area contributed by atoms with Crippen LogP contribution in [-0.2, 0) is 0 Å². The number of halogens is 1. The van der Waals surface area contributed by atoms with Crippen molar-refractivity contribution in [2.75, 3.05) is 0 Å². The van der Waals surface area contributed by atoms with Crippen LogP contribution in [0.25, 0.3) is 0 Å². The van der Waals surface area contributed by atoms with Crippen molar-refractivity contribution in [3.63, 3.8) is 0 Å². The fraction of sp³-hybridized carbons (Fsp3) is 0.400. The molecule has 0 aliphatic carbocycles. The minimum Gasteiger partial charge on any atom is -0.446 e. The minimum absolute atomic E-state index is 0.334. The minimum atomic E-state index is -0.737. The zero-order valence-electron chi connectivity index (χ0n) is 8.21. The Balaban J connectivity index is 3.11. The van der Waals surface area contributed by atoms with Gasteiger partial charge in [0.05, 0.1) is 0 Å². The van der Waals surface area contributed by atoms with Crippen molar-refractivity contribution in [3.8, 4) is 0 Å². The van der Waals surface area contributed by atoms with Gasteiger partial charge in [-0.1, -0.05) is 32.8 Å². The van der Waals surface area contributed by atoms with E-state index >= 15 is 0 Å². The second kappa shape index (κ2) is 3.92. The second-order valence-electron chi connectivity index (χ2n) is 3.61. The Kier molecular flexibility index (Phi) is 3.09. The van der Waals surface area contributed by atoms with Crippen molar-refractivity contribution >= 4 is 12.4 Å². The van der Waals surface area contributed by atoms with Gasteiger partial charge in [-0.05, 0) is 23.0 Å². The third-order valence-corrected chi connectivity index (χ3v) is 2.14. The van der Waals surface area contributed by atoms with Crippen LogP contribution in [0, 0.1) is 5.82 Å². The predicted molar refractivity (Wildman–Crippen MR) is 54.0 cm³/mol. The maximum atomic E-state index is 13.1. The Hall–Kier alpha value is -0.825. The number of hydrogen-bond acceptors (Lipinski definition) is 1. The molecule has 1 aromatic carbocycles. The highest BCUT2D eigenvalue weighted by Crippen LogP contribution is 2.13. The van der Waals surface area contributed by atoms with Crippen molar-refractivity contribution in [1.82, 2.24) is 0 Å². The molecule has 1 rings (SSSR count). The van der Waals surface area contributed by atoms with Gasteiger partial charge in [0.15, 0.2) is 0 Å². The summed E-state index contributed by atoms with van der Waals surface area (Å²) in [4.78, 5) is 0. The summed E-state index contributed by atoms with van der Waals surface area (Å²) in [6.45, 7) is 4.92. The Morgan fingerprint density at radius 1 is 1.38 bits per heavy atom. The molecule has 70 valence electrons. The largest absolute Gasteiger partial charge is 0.446 e. The average molecular weight is 180 g/mol. The Morgan fingerprint density at radius 3 is 2.46 bits per heavy atom. The standard InChI is InChI=1S/C10H14BFO/c1-7(2)8-4-5-10(12)9(6-8)11(3)13/h4-7,13H,1-3H3. The predicted octanol–water partition coefficient (Wildman–Crippen LogP) is 1.77. The van der Waals surface area contributed by atoms with Gasteiger partial charge in [-0.3, -0.25) is 0 Å². The molecule has 0 atom stereocenters. The van der Waals surface area contributed by atoms with Gasteiger partial charge in [-0.2, -0.15) is 0 Å². The van der Waals surface area contributed by atoms with Crippen LogP contribution in [0.3, 0.4) is 0 Å². The van der Waals surface area contributed by atoms with Crippen LogP contribution >= 0.6 is 0 Å². The Labute approximate surface area is 78.7 Å². The normalized spacial score (nSPS) is 10.6. The van der Waals surface area contributed by atoms with Gasteiger partial charge in [-0.25, -0.2) is 4.39 Å². The first-order valence-corrected chi connectivity index (χ1v) is 4.49. The van der Waals surface area contributed by atoms with Crippen LogP contribution in [0.4, 0.5) is 4.39 Å². The number of benzene rings is 1.